The summed E-state index contributed by atoms with van der Waals surface area (Å²) in [5.41, 5.74) is 8.68. The summed E-state index contributed by atoms with van der Waals surface area (Å²) in [5, 5.41) is 2.94. The summed E-state index contributed by atoms with van der Waals surface area (Å²) in [5.74, 6) is 0.425. The molecule has 2 rings (SSSR count). The number of nitrogens with two attached hydrogens (primary N) is 1. The standard InChI is InChI=1S/C15H20N2OS2/c1-10-5-6-12(11(16)7-10)20(18)9-14-17-13(8-19-14)15(2,3)4/h5-8H,9,16H2,1-4H3. The smallest absolute Gasteiger partial charge is 0.106 e. The normalized spacial score (nSPS) is 13.4. The van der Waals surface area contributed by atoms with E-state index in [-0.39, 0.29) is 5.41 Å². The van der Waals surface area contributed by atoms with Gasteiger partial charge >= 0.3 is 0 Å². The molecule has 0 fully saturated rings. The van der Waals surface area contributed by atoms with Gasteiger partial charge in [0.2, 0.25) is 0 Å². The Labute approximate surface area is 126 Å². The number of rotatable bonds is 3. The molecule has 3 nitrogen and oxygen atoms in total. The predicted octanol–water partition coefficient (Wildman–Crippen LogP) is 3.64. The molecule has 1 aromatic carbocycles. The number of nitrogens with zero attached hydrogens (tertiary/aromatic N) is 1. The van der Waals surface area contributed by atoms with Crippen molar-refractivity contribution < 1.29 is 4.21 Å². The molecule has 0 aliphatic carbocycles. The molecule has 5 heteroatoms. The first-order valence-corrected chi connectivity index (χ1v) is 8.66. The fourth-order valence-electron chi connectivity index (χ4n) is 1.79. The minimum Gasteiger partial charge on any atom is -0.398 e. The zero-order valence-electron chi connectivity index (χ0n) is 12.3. The van der Waals surface area contributed by atoms with E-state index in [0.717, 1.165) is 16.3 Å². The Morgan fingerprint density at radius 3 is 2.60 bits per heavy atom. The molecule has 1 atom stereocenters. The zero-order valence-corrected chi connectivity index (χ0v) is 13.9. The van der Waals surface area contributed by atoms with E-state index in [2.05, 4.69) is 25.8 Å². The highest BCUT2D eigenvalue weighted by Gasteiger charge is 2.18. The van der Waals surface area contributed by atoms with E-state index in [9.17, 15) is 4.21 Å². The van der Waals surface area contributed by atoms with Crippen LogP contribution in [0.5, 0.6) is 0 Å². The Morgan fingerprint density at radius 1 is 1.35 bits per heavy atom. The Kier molecular flexibility index (Phi) is 4.30. The molecule has 2 aromatic rings. The van der Waals surface area contributed by atoms with Crippen molar-refractivity contribution in [3.8, 4) is 0 Å². The van der Waals surface area contributed by atoms with E-state index in [1.807, 2.05) is 30.5 Å². The molecule has 2 N–H and O–H groups in total. The lowest BCUT2D eigenvalue weighted by Crippen LogP contribution is -2.11. The van der Waals surface area contributed by atoms with Crippen LogP contribution in [0.15, 0.2) is 28.5 Å². The monoisotopic (exact) mass is 308 g/mol. The molecule has 1 aromatic heterocycles. The third-order valence-electron chi connectivity index (χ3n) is 2.99. The van der Waals surface area contributed by atoms with Gasteiger partial charge in [-0.2, -0.15) is 0 Å². The Hall–Kier alpha value is -1.20. The summed E-state index contributed by atoms with van der Waals surface area (Å²) in [6, 6.07) is 5.64. The van der Waals surface area contributed by atoms with Gasteiger partial charge in [0, 0.05) is 16.5 Å². The van der Waals surface area contributed by atoms with Crippen LogP contribution < -0.4 is 5.73 Å². The summed E-state index contributed by atoms with van der Waals surface area (Å²) in [7, 11) is -1.14. The second-order valence-corrected chi connectivity index (χ2v) is 8.27. The number of aromatic nitrogens is 1. The van der Waals surface area contributed by atoms with Crippen molar-refractivity contribution in [1.82, 2.24) is 4.98 Å². The van der Waals surface area contributed by atoms with Gasteiger partial charge in [-0.3, -0.25) is 4.21 Å². The van der Waals surface area contributed by atoms with Crippen molar-refractivity contribution in [1.29, 1.82) is 0 Å². The molecule has 108 valence electrons. The molecule has 20 heavy (non-hydrogen) atoms. The van der Waals surface area contributed by atoms with E-state index in [0.29, 0.717) is 16.3 Å². The lowest BCUT2D eigenvalue weighted by molar-refractivity contribution is 0.571. The maximum Gasteiger partial charge on any atom is 0.106 e. The first-order valence-electron chi connectivity index (χ1n) is 6.47. The third kappa shape index (κ3) is 3.46. The predicted molar refractivity (Wildman–Crippen MR) is 86.5 cm³/mol. The summed E-state index contributed by atoms with van der Waals surface area (Å²) >= 11 is 1.56. The Bertz CT molecular complexity index is 642. The molecule has 0 radical (unpaired) electrons. The fraction of sp³-hybridized carbons (Fsp3) is 0.400. The molecular formula is C15H20N2OS2. The molecule has 0 saturated heterocycles. The van der Waals surface area contributed by atoms with E-state index < -0.39 is 10.8 Å². The first-order chi connectivity index (χ1) is 9.27. The SMILES string of the molecule is Cc1ccc(S(=O)Cc2nc(C(C)(C)C)cs2)c(N)c1. The maximum atomic E-state index is 12.4. The van der Waals surface area contributed by atoms with Gasteiger partial charge in [-0.05, 0) is 24.6 Å². The van der Waals surface area contributed by atoms with Crippen LogP contribution >= 0.6 is 11.3 Å². The van der Waals surface area contributed by atoms with Gasteiger partial charge in [-0.15, -0.1) is 11.3 Å². The summed E-state index contributed by atoms with van der Waals surface area (Å²) in [4.78, 5) is 5.28. The second-order valence-electron chi connectivity index (χ2n) is 5.91. The minimum absolute atomic E-state index is 0.0269. The van der Waals surface area contributed by atoms with Crippen LogP contribution in [0, 0.1) is 6.92 Å². The largest absolute Gasteiger partial charge is 0.398 e. The summed E-state index contributed by atoms with van der Waals surface area (Å²) in [6.45, 7) is 8.35. The molecule has 0 aliphatic rings. The van der Waals surface area contributed by atoms with Crippen molar-refractivity contribution in [2.24, 2.45) is 0 Å². The summed E-state index contributed by atoms with van der Waals surface area (Å²) < 4.78 is 12.4. The van der Waals surface area contributed by atoms with Crippen LogP contribution in [0.1, 0.15) is 37.0 Å². The number of hydrogen-bond acceptors (Lipinski definition) is 4. The van der Waals surface area contributed by atoms with Crippen molar-refractivity contribution in [2.45, 2.75) is 43.8 Å². The molecular weight excluding hydrogens is 288 g/mol. The van der Waals surface area contributed by atoms with Gasteiger partial charge in [-0.25, -0.2) is 4.98 Å². The van der Waals surface area contributed by atoms with Gasteiger partial charge in [0.15, 0.2) is 0 Å². The van der Waals surface area contributed by atoms with Crippen LogP contribution in [-0.4, -0.2) is 9.19 Å². The highest BCUT2D eigenvalue weighted by atomic mass is 32.2. The average molecular weight is 308 g/mol. The van der Waals surface area contributed by atoms with Crippen molar-refractivity contribution >= 4 is 27.8 Å². The lowest BCUT2D eigenvalue weighted by Gasteiger charge is -2.14. The second kappa shape index (κ2) is 5.66. The van der Waals surface area contributed by atoms with Crippen LogP contribution in [-0.2, 0) is 22.0 Å². The zero-order chi connectivity index (χ0) is 14.9. The van der Waals surface area contributed by atoms with Gasteiger partial charge < -0.3 is 5.73 Å². The van der Waals surface area contributed by atoms with Crippen molar-refractivity contribution in [3.05, 3.63) is 39.8 Å². The van der Waals surface area contributed by atoms with Gasteiger partial charge in [0.1, 0.15) is 5.01 Å². The Balaban J connectivity index is 2.17. The Morgan fingerprint density at radius 2 is 2.05 bits per heavy atom. The maximum absolute atomic E-state index is 12.4. The average Bonchev–Trinajstić information content (AvgIpc) is 2.76. The molecule has 0 spiro atoms. The molecule has 0 saturated carbocycles. The topological polar surface area (TPSA) is 56.0 Å². The van der Waals surface area contributed by atoms with Gasteiger partial charge in [-0.1, -0.05) is 26.8 Å². The first kappa shape index (κ1) is 15.2. The highest BCUT2D eigenvalue weighted by Crippen LogP contribution is 2.26. The molecule has 1 unspecified atom stereocenters. The number of nitrogen functional groups attached to an aromatic ring is 1. The lowest BCUT2D eigenvalue weighted by atomic mass is 9.93. The van der Waals surface area contributed by atoms with E-state index in [1.165, 1.54) is 0 Å². The highest BCUT2D eigenvalue weighted by molar-refractivity contribution is 7.84. The van der Waals surface area contributed by atoms with Gasteiger partial charge in [0.05, 0.1) is 27.1 Å². The molecule has 1 heterocycles. The summed E-state index contributed by atoms with van der Waals surface area (Å²) in [6.07, 6.45) is 0. The minimum atomic E-state index is -1.14. The molecule has 0 aliphatic heterocycles. The van der Waals surface area contributed by atoms with Crippen LogP contribution in [0.3, 0.4) is 0 Å². The number of thiazole rings is 1. The third-order valence-corrected chi connectivity index (χ3v) is 5.41. The van der Waals surface area contributed by atoms with Gasteiger partial charge in [0.25, 0.3) is 0 Å². The van der Waals surface area contributed by atoms with Crippen LogP contribution in [0.4, 0.5) is 5.69 Å². The number of hydrogen-bond donors (Lipinski definition) is 1. The quantitative estimate of drug-likeness (QED) is 0.881. The van der Waals surface area contributed by atoms with E-state index >= 15 is 0 Å². The number of aryl methyl sites for hydroxylation is 1. The number of benzene rings is 1. The van der Waals surface area contributed by atoms with Crippen molar-refractivity contribution in [2.75, 3.05) is 5.73 Å². The molecule has 0 amide bonds. The van der Waals surface area contributed by atoms with Crippen molar-refractivity contribution in [3.63, 3.8) is 0 Å². The van der Waals surface area contributed by atoms with E-state index in [1.54, 1.807) is 11.3 Å². The van der Waals surface area contributed by atoms with Crippen LogP contribution in [0.25, 0.3) is 0 Å². The van der Waals surface area contributed by atoms with Crippen LogP contribution in [0.2, 0.25) is 0 Å². The number of anilines is 1. The fourth-order valence-corrected chi connectivity index (χ4v) is 4.17. The van der Waals surface area contributed by atoms with E-state index in [4.69, 9.17) is 5.73 Å². The molecule has 0 bridgehead atoms.